The average molecular weight is 228 g/mol. The average Bonchev–Trinajstić information content (AvgIpc) is 2.37. The summed E-state index contributed by atoms with van der Waals surface area (Å²) in [7, 11) is -0.636. The Hall–Kier alpha value is -0.220. The lowest BCUT2D eigenvalue weighted by molar-refractivity contribution is -0.141. The molecule has 2 unspecified atom stereocenters. The van der Waals surface area contributed by atoms with Gasteiger partial charge in [-0.3, -0.25) is 9.00 Å². The van der Waals surface area contributed by atoms with Crippen LogP contribution in [0.25, 0.3) is 0 Å². The van der Waals surface area contributed by atoms with E-state index >= 15 is 0 Å². The van der Waals surface area contributed by atoms with E-state index in [1.807, 2.05) is 0 Å². The molecule has 15 heavy (non-hydrogen) atoms. The fourth-order valence-corrected chi connectivity index (χ4v) is 5.12. The number of ether oxygens (including phenoxy) is 1. The number of Topliss-reactive ketones (excluding diaryl/α,β-unsaturated/α-hetero) is 1. The largest absolute Gasteiger partial charge is 0.380 e. The SMILES string of the molecule is O=C(C1COC1)C1CC2CCC(C1)S2=O. The number of carbonyl (C=O) groups is 1. The third kappa shape index (κ3) is 1.58. The Kier molecular flexibility index (Phi) is 2.44. The van der Waals surface area contributed by atoms with Crippen molar-refractivity contribution >= 4 is 16.6 Å². The van der Waals surface area contributed by atoms with Crippen molar-refractivity contribution in [2.24, 2.45) is 11.8 Å². The first-order valence-electron chi connectivity index (χ1n) is 5.76. The van der Waals surface area contributed by atoms with Crippen LogP contribution in [0, 0.1) is 11.8 Å². The number of ketones is 1. The molecule has 3 heterocycles. The quantitative estimate of drug-likeness (QED) is 0.705. The Morgan fingerprint density at radius 1 is 1.07 bits per heavy atom. The van der Waals surface area contributed by atoms with Crippen molar-refractivity contribution in [3.8, 4) is 0 Å². The molecule has 0 radical (unpaired) electrons. The summed E-state index contributed by atoms with van der Waals surface area (Å²) >= 11 is 0. The first-order chi connectivity index (χ1) is 7.25. The molecule has 3 aliphatic rings. The van der Waals surface area contributed by atoms with Gasteiger partial charge in [0.05, 0.1) is 19.1 Å². The molecule has 0 saturated carbocycles. The highest BCUT2D eigenvalue weighted by Gasteiger charge is 2.44. The first kappa shape index (κ1) is 9.97. The molecule has 3 saturated heterocycles. The molecule has 0 aliphatic carbocycles. The topological polar surface area (TPSA) is 43.4 Å². The van der Waals surface area contributed by atoms with Crippen LogP contribution in [-0.2, 0) is 20.3 Å². The predicted octanol–water partition coefficient (Wildman–Crippen LogP) is 0.892. The molecule has 3 nitrogen and oxygen atoms in total. The number of carbonyl (C=O) groups excluding carboxylic acids is 1. The van der Waals surface area contributed by atoms with Crippen LogP contribution in [0.4, 0.5) is 0 Å². The highest BCUT2D eigenvalue weighted by molar-refractivity contribution is 7.86. The van der Waals surface area contributed by atoms with Gasteiger partial charge in [0.2, 0.25) is 0 Å². The van der Waals surface area contributed by atoms with Crippen LogP contribution in [0.2, 0.25) is 0 Å². The minimum Gasteiger partial charge on any atom is -0.380 e. The van der Waals surface area contributed by atoms with E-state index < -0.39 is 10.8 Å². The van der Waals surface area contributed by atoms with Gasteiger partial charge in [0.1, 0.15) is 5.78 Å². The molecule has 2 atom stereocenters. The van der Waals surface area contributed by atoms with E-state index in [4.69, 9.17) is 4.74 Å². The molecule has 0 aromatic carbocycles. The molecule has 0 aromatic rings. The summed E-state index contributed by atoms with van der Waals surface area (Å²) in [5.74, 6) is 0.727. The van der Waals surface area contributed by atoms with E-state index in [9.17, 15) is 9.00 Å². The van der Waals surface area contributed by atoms with Gasteiger partial charge < -0.3 is 4.74 Å². The summed E-state index contributed by atoms with van der Waals surface area (Å²) in [6, 6.07) is 0. The molecule has 0 N–H and O–H groups in total. The summed E-state index contributed by atoms with van der Waals surface area (Å²) in [4.78, 5) is 12.0. The molecular weight excluding hydrogens is 212 g/mol. The standard InChI is InChI=1S/C11H16O3S/c12-11(8-5-14-6-8)7-3-9-1-2-10(4-7)15(9)13/h7-10H,1-6H2. The zero-order valence-electron chi connectivity index (χ0n) is 8.69. The fourth-order valence-electron chi connectivity index (χ4n) is 3.00. The second-order valence-electron chi connectivity index (χ2n) is 4.95. The van der Waals surface area contributed by atoms with Crippen molar-refractivity contribution in [1.82, 2.24) is 0 Å². The Balaban J connectivity index is 1.69. The van der Waals surface area contributed by atoms with Crippen molar-refractivity contribution in [3.63, 3.8) is 0 Å². The van der Waals surface area contributed by atoms with Gasteiger partial charge in [-0.1, -0.05) is 0 Å². The van der Waals surface area contributed by atoms with E-state index in [0.29, 0.717) is 29.5 Å². The zero-order valence-corrected chi connectivity index (χ0v) is 9.50. The third-order valence-corrected chi connectivity index (χ3v) is 6.18. The summed E-state index contributed by atoms with van der Waals surface area (Å²) in [5, 5.41) is 0.636. The van der Waals surface area contributed by atoms with Crippen LogP contribution in [-0.4, -0.2) is 33.7 Å². The molecule has 84 valence electrons. The van der Waals surface area contributed by atoms with E-state index in [1.165, 1.54) is 0 Å². The Morgan fingerprint density at radius 3 is 2.13 bits per heavy atom. The first-order valence-corrected chi connectivity index (χ1v) is 7.04. The van der Waals surface area contributed by atoms with Crippen molar-refractivity contribution < 1.29 is 13.7 Å². The van der Waals surface area contributed by atoms with E-state index in [-0.39, 0.29) is 11.8 Å². The van der Waals surface area contributed by atoms with Gasteiger partial charge in [-0.05, 0) is 25.7 Å². The molecule has 3 fully saturated rings. The van der Waals surface area contributed by atoms with Crippen LogP contribution in [0.3, 0.4) is 0 Å². The maximum absolute atomic E-state index is 12.0. The summed E-state index contributed by atoms with van der Waals surface area (Å²) < 4.78 is 16.8. The number of rotatable bonds is 2. The minimum atomic E-state index is -0.636. The van der Waals surface area contributed by atoms with E-state index in [2.05, 4.69) is 0 Å². The third-order valence-electron chi connectivity index (χ3n) is 4.01. The summed E-state index contributed by atoms with van der Waals surface area (Å²) in [6.07, 6.45) is 3.89. The summed E-state index contributed by atoms with van der Waals surface area (Å²) in [5.41, 5.74) is 0. The molecule has 2 bridgehead atoms. The van der Waals surface area contributed by atoms with Crippen LogP contribution in [0.1, 0.15) is 25.7 Å². The van der Waals surface area contributed by atoms with Crippen molar-refractivity contribution in [2.45, 2.75) is 36.2 Å². The van der Waals surface area contributed by atoms with Crippen LogP contribution < -0.4 is 0 Å². The van der Waals surface area contributed by atoms with Gasteiger partial charge in [-0.2, -0.15) is 0 Å². The van der Waals surface area contributed by atoms with Crippen molar-refractivity contribution in [2.75, 3.05) is 13.2 Å². The molecule has 4 heteroatoms. The Labute approximate surface area is 92.0 Å². The fraction of sp³-hybridized carbons (Fsp3) is 0.909. The molecule has 3 rings (SSSR count). The number of hydrogen-bond donors (Lipinski definition) is 0. The maximum Gasteiger partial charge on any atom is 0.143 e. The van der Waals surface area contributed by atoms with Crippen LogP contribution in [0.15, 0.2) is 0 Å². The Bertz CT molecular complexity index is 295. The lowest BCUT2D eigenvalue weighted by Gasteiger charge is -2.32. The van der Waals surface area contributed by atoms with Gasteiger partial charge in [0.25, 0.3) is 0 Å². The second kappa shape index (κ2) is 3.67. The monoisotopic (exact) mass is 228 g/mol. The zero-order chi connectivity index (χ0) is 10.4. The normalized spacial score (nSPS) is 45.1. The van der Waals surface area contributed by atoms with Crippen molar-refractivity contribution in [1.29, 1.82) is 0 Å². The molecule has 3 aliphatic heterocycles. The second-order valence-corrected chi connectivity index (χ2v) is 6.95. The number of hydrogen-bond acceptors (Lipinski definition) is 3. The Morgan fingerprint density at radius 2 is 1.67 bits per heavy atom. The smallest absolute Gasteiger partial charge is 0.143 e. The highest BCUT2D eigenvalue weighted by Crippen LogP contribution is 2.40. The predicted molar refractivity (Wildman–Crippen MR) is 57.0 cm³/mol. The van der Waals surface area contributed by atoms with Gasteiger partial charge >= 0.3 is 0 Å². The molecule has 0 amide bonds. The van der Waals surface area contributed by atoms with Gasteiger partial charge in [0, 0.05) is 27.2 Å². The van der Waals surface area contributed by atoms with Gasteiger partial charge in [-0.25, -0.2) is 0 Å². The van der Waals surface area contributed by atoms with Crippen LogP contribution in [0.5, 0.6) is 0 Å². The van der Waals surface area contributed by atoms with E-state index in [0.717, 1.165) is 25.7 Å². The van der Waals surface area contributed by atoms with Gasteiger partial charge in [-0.15, -0.1) is 0 Å². The highest BCUT2D eigenvalue weighted by atomic mass is 32.2. The molecule has 0 spiro atoms. The lowest BCUT2D eigenvalue weighted by atomic mass is 9.86. The summed E-state index contributed by atoms with van der Waals surface area (Å²) in [6.45, 7) is 1.24. The lowest BCUT2D eigenvalue weighted by Crippen LogP contribution is -2.42. The maximum atomic E-state index is 12.0. The minimum absolute atomic E-state index is 0.154. The molecule has 0 aromatic heterocycles. The number of fused-ring (bicyclic) bond motifs is 2. The molecular formula is C11H16O3S. The van der Waals surface area contributed by atoms with Crippen LogP contribution >= 0.6 is 0 Å². The van der Waals surface area contributed by atoms with Crippen molar-refractivity contribution in [3.05, 3.63) is 0 Å². The van der Waals surface area contributed by atoms with E-state index in [1.54, 1.807) is 0 Å². The van der Waals surface area contributed by atoms with Gasteiger partial charge in [0.15, 0.2) is 0 Å².